The monoisotopic (exact) mass is 306 g/mol. The van der Waals surface area contributed by atoms with Gasteiger partial charge in [0.25, 0.3) is 5.91 Å². The minimum absolute atomic E-state index is 0.0431. The lowest BCUT2D eigenvalue weighted by molar-refractivity contribution is 0.101. The first-order valence-corrected chi connectivity index (χ1v) is 7.19. The number of halogens is 1. The molecule has 0 aliphatic heterocycles. The Morgan fingerprint density at radius 2 is 2.33 bits per heavy atom. The highest BCUT2D eigenvalue weighted by Crippen LogP contribution is 2.30. The summed E-state index contributed by atoms with van der Waals surface area (Å²) in [4.78, 5) is 12.3. The number of amides is 1. The number of nitrogens with one attached hydrogen (secondary N) is 1. The maximum Gasteiger partial charge on any atom is 0.278 e. The molecule has 1 amide bonds. The summed E-state index contributed by atoms with van der Waals surface area (Å²) < 4.78 is 5.25. The van der Waals surface area contributed by atoms with Gasteiger partial charge in [-0.2, -0.15) is 0 Å². The van der Waals surface area contributed by atoms with E-state index in [1.165, 1.54) is 12.1 Å². The normalized spacial score (nSPS) is 17.3. The van der Waals surface area contributed by atoms with Gasteiger partial charge in [0.2, 0.25) is 0 Å². The van der Waals surface area contributed by atoms with Crippen LogP contribution in [0.1, 0.15) is 35.2 Å². The maximum atomic E-state index is 12.3. The molecule has 0 spiro atoms. The Morgan fingerprint density at radius 1 is 1.52 bits per heavy atom. The summed E-state index contributed by atoms with van der Waals surface area (Å²) in [6.45, 7) is 2.14. The molecular weight excluding hydrogens is 292 g/mol. The predicted octanol–water partition coefficient (Wildman–Crippen LogP) is 3.41. The summed E-state index contributed by atoms with van der Waals surface area (Å²) in [7, 11) is 0. The standard InChI is InChI=1S/C15H15ClN2O3/c1-8-2-5-13-10(6-8)14(18-21-13)15(20)17-11-7-9(16)3-4-12(11)19/h3-4,7-8,19H,2,5-6H2,1H3,(H,17,20)/t8-/m0/s1. The van der Waals surface area contributed by atoms with E-state index in [0.29, 0.717) is 10.9 Å². The van der Waals surface area contributed by atoms with Crippen molar-refractivity contribution in [2.24, 2.45) is 5.92 Å². The zero-order chi connectivity index (χ0) is 15.0. The molecule has 1 aromatic heterocycles. The highest BCUT2D eigenvalue weighted by molar-refractivity contribution is 6.31. The van der Waals surface area contributed by atoms with Crippen molar-refractivity contribution < 1.29 is 14.4 Å². The van der Waals surface area contributed by atoms with Crippen LogP contribution in [0.4, 0.5) is 5.69 Å². The highest BCUT2D eigenvalue weighted by atomic mass is 35.5. The third kappa shape index (κ3) is 2.74. The van der Waals surface area contributed by atoms with Crippen LogP contribution in [0.2, 0.25) is 5.02 Å². The molecule has 1 aliphatic rings. The molecule has 2 aromatic rings. The van der Waals surface area contributed by atoms with E-state index in [1.807, 2.05) is 0 Å². The molecule has 1 heterocycles. The molecule has 2 N–H and O–H groups in total. The van der Waals surface area contributed by atoms with Crippen LogP contribution in [0.25, 0.3) is 0 Å². The number of aromatic hydroxyl groups is 1. The minimum atomic E-state index is -0.397. The van der Waals surface area contributed by atoms with Crippen LogP contribution in [0, 0.1) is 5.92 Å². The van der Waals surface area contributed by atoms with Crippen LogP contribution in [0.3, 0.4) is 0 Å². The van der Waals surface area contributed by atoms with Crippen molar-refractivity contribution in [3.8, 4) is 5.75 Å². The van der Waals surface area contributed by atoms with Gasteiger partial charge in [-0.15, -0.1) is 0 Å². The number of phenols is 1. The van der Waals surface area contributed by atoms with Crippen molar-refractivity contribution in [3.05, 3.63) is 40.2 Å². The van der Waals surface area contributed by atoms with Crippen molar-refractivity contribution in [1.82, 2.24) is 5.16 Å². The summed E-state index contributed by atoms with van der Waals surface area (Å²) in [5, 5.41) is 16.7. The lowest BCUT2D eigenvalue weighted by Crippen LogP contribution is -2.18. The fourth-order valence-electron chi connectivity index (χ4n) is 2.55. The van der Waals surface area contributed by atoms with Gasteiger partial charge in [-0.25, -0.2) is 0 Å². The fraction of sp³-hybridized carbons (Fsp3) is 0.333. The molecule has 0 radical (unpaired) electrons. The molecule has 0 fully saturated rings. The molecule has 21 heavy (non-hydrogen) atoms. The summed E-state index contributed by atoms with van der Waals surface area (Å²) in [5.74, 6) is 0.849. The van der Waals surface area contributed by atoms with Gasteiger partial charge in [-0.05, 0) is 37.0 Å². The Bertz CT molecular complexity index is 696. The predicted molar refractivity (Wildman–Crippen MR) is 78.8 cm³/mol. The molecule has 1 aliphatic carbocycles. The Morgan fingerprint density at radius 3 is 3.14 bits per heavy atom. The molecule has 1 atom stereocenters. The molecule has 5 nitrogen and oxygen atoms in total. The summed E-state index contributed by atoms with van der Waals surface area (Å²) >= 11 is 5.86. The van der Waals surface area contributed by atoms with Gasteiger partial charge in [0, 0.05) is 17.0 Å². The first kappa shape index (κ1) is 13.9. The van der Waals surface area contributed by atoms with Crippen LogP contribution in [0.5, 0.6) is 5.75 Å². The third-order valence-corrected chi connectivity index (χ3v) is 3.94. The van der Waals surface area contributed by atoms with Gasteiger partial charge in [0.05, 0.1) is 5.69 Å². The molecule has 6 heteroatoms. The molecule has 0 unspecified atom stereocenters. The van der Waals surface area contributed by atoms with Crippen LogP contribution in [0.15, 0.2) is 22.7 Å². The smallest absolute Gasteiger partial charge is 0.278 e. The number of aromatic nitrogens is 1. The molecular formula is C15H15ClN2O3. The number of aryl methyl sites for hydroxylation is 1. The van der Waals surface area contributed by atoms with Crippen LogP contribution < -0.4 is 5.32 Å². The van der Waals surface area contributed by atoms with Crippen molar-refractivity contribution in [3.63, 3.8) is 0 Å². The van der Waals surface area contributed by atoms with E-state index < -0.39 is 5.91 Å². The number of fused-ring (bicyclic) bond motifs is 1. The molecule has 110 valence electrons. The molecule has 1 aromatic carbocycles. The maximum absolute atomic E-state index is 12.3. The van der Waals surface area contributed by atoms with Crippen molar-refractivity contribution >= 4 is 23.2 Å². The first-order valence-electron chi connectivity index (χ1n) is 6.82. The quantitative estimate of drug-likeness (QED) is 0.834. The summed E-state index contributed by atoms with van der Waals surface area (Å²) in [6, 6.07) is 4.47. The number of carbonyl (C=O) groups excluding carboxylic acids is 1. The second-order valence-electron chi connectivity index (χ2n) is 5.40. The number of nitrogens with zero attached hydrogens (tertiary/aromatic N) is 1. The van der Waals surface area contributed by atoms with Gasteiger partial charge in [-0.3, -0.25) is 4.79 Å². The van der Waals surface area contributed by atoms with E-state index in [4.69, 9.17) is 16.1 Å². The van der Waals surface area contributed by atoms with Crippen molar-refractivity contribution in [2.45, 2.75) is 26.2 Å². The van der Waals surface area contributed by atoms with Gasteiger partial charge >= 0.3 is 0 Å². The Labute approximate surface area is 126 Å². The van der Waals surface area contributed by atoms with E-state index in [9.17, 15) is 9.90 Å². The van der Waals surface area contributed by atoms with Crippen molar-refractivity contribution in [2.75, 3.05) is 5.32 Å². The van der Waals surface area contributed by atoms with Crippen molar-refractivity contribution in [1.29, 1.82) is 0 Å². The topological polar surface area (TPSA) is 75.4 Å². The summed E-state index contributed by atoms with van der Waals surface area (Å²) in [5.41, 5.74) is 1.41. The van der Waals surface area contributed by atoms with E-state index in [-0.39, 0.29) is 17.1 Å². The number of hydrogen-bond acceptors (Lipinski definition) is 4. The first-order chi connectivity index (χ1) is 10.0. The number of carbonyl (C=O) groups is 1. The number of phenolic OH excluding ortho intramolecular Hbond substituents is 1. The number of hydrogen-bond donors (Lipinski definition) is 2. The van der Waals surface area contributed by atoms with Crippen LogP contribution in [-0.2, 0) is 12.8 Å². The van der Waals surface area contributed by atoms with E-state index in [0.717, 1.165) is 30.6 Å². The Kier molecular flexibility index (Phi) is 3.59. The Balaban J connectivity index is 1.86. The second kappa shape index (κ2) is 5.41. The third-order valence-electron chi connectivity index (χ3n) is 3.71. The van der Waals surface area contributed by atoms with E-state index in [1.54, 1.807) is 6.07 Å². The number of anilines is 1. The van der Waals surface area contributed by atoms with Crippen LogP contribution >= 0.6 is 11.6 Å². The molecule has 0 saturated carbocycles. The Hall–Kier alpha value is -2.01. The SMILES string of the molecule is C[C@H]1CCc2onc(C(=O)Nc3cc(Cl)ccc3O)c2C1. The zero-order valence-electron chi connectivity index (χ0n) is 11.5. The van der Waals surface area contributed by atoms with E-state index in [2.05, 4.69) is 17.4 Å². The number of rotatable bonds is 2. The molecule has 0 saturated heterocycles. The zero-order valence-corrected chi connectivity index (χ0v) is 12.3. The second-order valence-corrected chi connectivity index (χ2v) is 5.83. The molecule has 3 rings (SSSR count). The lowest BCUT2D eigenvalue weighted by atomic mass is 9.88. The van der Waals surface area contributed by atoms with E-state index >= 15 is 0 Å². The van der Waals surface area contributed by atoms with Gasteiger partial charge in [0.15, 0.2) is 5.69 Å². The fourth-order valence-corrected chi connectivity index (χ4v) is 2.72. The highest BCUT2D eigenvalue weighted by Gasteiger charge is 2.27. The molecule has 0 bridgehead atoms. The summed E-state index contributed by atoms with van der Waals surface area (Å²) in [6.07, 6.45) is 2.63. The number of benzene rings is 1. The largest absolute Gasteiger partial charge is 0.506 e. The minimum Gasteiger partial charge on any atom is -0.506 e. The average Bonchev–Trinajstić information content (AvgIpc) is 2.85. The van der Waals surface area contributed by atoms with Crippen LogP contribution in [-0.4, -0.2) is 16.2 Å². The van der Waals surface area contributed by atoms with Gasteiger partial charge in [-0.1, -0.05) is 23.7 Å². The lowest BCUT2D eigenvalue weighted by Gasteiger charge is -2.16. The average molecular weight is 307 g/mol. The van der Waals surface area contributed by atoms with Gasteiger partial charge < -0.3 is 14.9 Å². The van der Waals surface area contributed by atoms with Gasteiger partial charge in [0.1, 0.15) is 11.5 Å².